The lowest BCUT2D eigenvalue weighted by atomic mass is 10.1. The van der Waals surface area contributed by atoms with Gasteiger partial charge in [0.25, 0.3) is 11.8 Å². The zero-order valence-corrected chi connectivity index (χ0v) is 16.9. The van der Waals surface area contributed by atoms with Crippen LogP contribution in [0.2, 0.25) is 0 Å². The molecule has 3 N–H and O–H groups in total. The summed E-state index contributed by atoms with van der Waals surface area (Å²) in [5.41, 5.74) is 5.78. The summed E-state index contributed by atoms with van der Waals surface area (Å²) in [4.78, 5) is 24.5. The lowest BCUT2D eigenvalue weighted by Crippen LogP contribution is -2.35. The number of nitrogens with one attached hydrogen (secondary N) is 1. The number of nitrogens with two attached hydrogens (primary N) is 1. The fourth-order valence-corrected chi connectivity index (χ4v) is 4.82. The molecule has 0 radical (unpaired) electrons. The van der Waals surface area contributed by atoms with E-state index in [9.17, 15) is 18.0 Å². The highest BCUT2D eigenvalue weighted by Gasteiger charge is 2.28. The van der Waals surface area contributed by atoms with Crippen LogP contribution in [0.1, 0.15) is 40.0 Å². The SMILES string of the molecule is COc1ccc(S(=O)(=O)N2CCCCC2)cc1C(=O)Nc1ccccc1C(N)=O. The molecule has 0 atom stereocenters. The number of hydrogen-bond acceptors (Lipinski definition) is 5. The van der Waals surface area contributed by atoms with Crippen LogP contribution in [0.25, 0.3) is 0 Å². The molecule has 0 saturated carbocycles. The number of ether oxygens (including phenoxy) is 1. The Labute approximate surface area is 169 Å². The van der Waals surface area contributed by atoms with Crippen molar-refractivity contribution in [2.45, 2.75) is 24.2 Å². The predicted molar refractivity (Wildman–Crippen MR) is 109 cm³/mol. The van der Waals surface area contributed by atoms with Gasteiger partial charge in [-0.3, -0.25) is 9.59 Å². The van der Waals surface area contributed by atoms with Gasteiger partial charge in [0, 0.05) is 13.1 Å². The number of primary amides is 1. The fourth-order valence-electron chi connectivity index (χ4n) is 3.28. The Morgan fingerprint density at radius 2 is 1.72 bits per heavy atom. The molecule has 0 bridgehead atoms. The molecule has 0 unspecified atom stereocenters. The summed E-state index contributed by atoms with van der Waals surface area (Å²) in [6.07, 6.45) is 2.63. The van der Waals surface area contributed by atoms with E-state index in [4.69, 9.17) is 10.5 Å². The first-order valence-corrected chi connectivity index (χ1v) is 10.7. The van der Waals surface area contributed by atoms with Crippen LogP contribution < -0.4 is 15.8 Å². The molecular formula is C20H23N3O5S. The van der Waals surface area contributed by atoms with Gasteiger partial charge in [0.05, 0.1) is 28.8 Å². The standard InChI is InChI=1S/C20H23N3O5S/c1-28-18-10-9-14(29(26,27)23-11-5-2-6-12-23)13-16(18)20(25)22-17-8-4-3-7-15(17)19(21)24/h3-4,7-10,13H,2,5-6,11-12H2,1H3,(H2,21,24)(H,22,25). The monoisotopic (exact) mass is 417 g/mol. The molecule has 1 heterocycles. The number of nitrogens with zero attached hydrogens (tertiary/aromatic N) is 1. The first kappa shape index (κ1) is 20.8. The Morgan fingerprint density at radius 3 is 2.38 bits per heavy atom. The number of anilines is 1. The zero-order valence-electron chi connectivity index (χ0n) is 16.1. The first-order chi connectivity index (χ1) is 13.8. The van der Waals surface area contributed by atoms with E-state index in [1.807, 2.05) is 0 Å². The van der Waals surface area contributed by atoms with Crippen molar-refractivity contribution in [1.29, 1.82) is 0 Å². The van der Waals surface area contributed by atoms with Crippen molar-refractivity contribution in [2.24, 2.45) is 5.73 Å². The highest BCUT2D eigenvalue weighted by Crippen LogP contribution is 2.27. The molecule has 3 rings (SSSR count). The lowest BCUT2D eigenvalue weighted by Gasteiger charge is -2.26. The second kappa shape index (κ2) is 8.62. The predicted octanol–water partition coefficient (Wildman–Crippen LogP) is 2.22. The second-order valence-electron chi connectivity index (χ2n) is 6.69. The number of methoxy groups -OCH3 is 1. The summed E-state index contributed by atoms with van der Waals surface area (Å²) >= 11 is 0. The molecule has 154 valence electrons. The van der Waals surface area contributed by atoms with Gasteiger partial charge >= 0.3 is 0 Å². The van der Waals surface area contributed by atoms with Crippen molar-refractivity contribution in [3.63, 3.8) is 0 Å². The third kappa shape index (κ3) is 4.41. The van der Waals surface area contributed by atoms with Crippen LogP contribution in [0.15, 0.2) is 47.4 Å². The molecule has 8 nitrogen and oxygen atoms in total. The van der Waals surface area contributed by atoms with E-state index in [1.54, 1.807) is 18.2 Å². The third-order valence-corrected chi connectivity index (χ3v) is 6.70. The van der Waals surface area contributed by atoms with Crippen molar-refractivity contribution >= 4 is 27.5 Å². The summed E-state index contributed by atoms with van der Waals surface area (Å²) in [6.45, 7) is 0.920. The van der Waals surface area contributed by atoms with E-state index >= 15 is 0 Å². The fraction of sp³-hybridized carbons (Fsp3) is 0.300. The van der Waals surface area contributed by atoms with Crippen molar-refractivity contribution < 1.29 is 22.7 Å². The maximum absolute atomic E-state index is 13.0. The van der Waals surface area contributed by atoms with Crippen LogP contribution in [0.5, 0.6) is 5.75 Å². The largest absolute Gasteiger partial charge is 0.496 e. The van der Waals surface area contributed by atoms with Crippen molar-refractivity contribution in [2.75, 3.05) is 25.5 Å². The molecular weight excluding hydrogens is 394 g/mol. The molecule has 1 aliphatic heterocycles. The summed E-state index contributed by atoms with van der Waals surface area (Å²) in [6, 6.07) is 10.5. The summed E-state index contributed by atoms with van der Waals surface area (Å²) in [5, 5.41) is 2.61. The van der Waals surface area contributed by atoms with Gasteiger partial charge in [-0.25, -0.2) is 8.42 Å². The zero-order chi connectivity index (χ0) is 21.0. The number of carbonyl (C=O) groups is 2. The minimum atomic E-state index is -3.71. The Morgan fingerprint density at radius 1 is 1.03 bits per heavy atom. The maximum atomic E-state index is 13.0. The average Bonchev–Trinajstić information content (AvgIpc) is 2.74. The molecule has 1 aliphatic rings. The summed E-state index contributed by atoms with van der Waals surface area (Å²) < 4.78 is 32.6. The number of rotatable bonds is 6. The minimum Gasteiger partial charge on any atom is -0.496 e. The van der Waals surface area contributed by atoms with Gasteiger partial charge in [-0.15, -0.1) is 0 Å². The number of para-hydroxylation sites is 1. The molecule has 1 fully saturated rings. The van der Waals surface area contributed by atoms with Crippen LogP contribution in [-0.4, -0.2) is 44.7 Å². The molecule has 0 aromatic heterocycles. The molecule has 0 spiro atoms. The summed E-state index contributed by atoms with van der Waals surface area (Å²) in [5.74, 6) is -1.07. The minimum absolute atomic E-state index is 0.0218. The molecule has 1 saturated heterocycles. The number of benzene rings is 2. The number of amides is 2. The smallest absolute Gasteiger partial charge is 0.259 e. The van der Waals surface area contributed by atoms with E-state index < -0.39 is 21.8 Å². The lowest BCUT2D eigenvalue weighted by molar-refractivity contribution is 0.100. The van der Waals surface area contributed by atoms with Gasteiger partial charge in [0.1, 0.15) is 5.75 Å². The van der Waals surface area contributed by atoms with Crippen LogP contribution in [0, 0.1) is 0 Å². The van der Waals surface area contributed by atoms with Crippen LogP contribution in [-0.2, 0) is 10.0 Å². The highest BCUT2D eigenvalue weighted by atomic mass is 32.2. The topological polar surface area (TPSA) is 119 Å². The average molecular weight is 417 g/mol. The highest BCUT2D eigenvalue weighted by molar-refractivity contribution is 7.89. The second-order valence-corrected chi connectivity index (χ2v) is 8.63. The summed E-state index contributed by atoms with van der Waals surface area (Å²) in [7, 11) is -2.32. The van der Waals surface area contributed by atoms with Gasteiger partial charge in [-0.05, 0) is 43.2 Å². The Balaban J connectivity index is 1.95. The van der Waals surface area contributed by atoms with Crippen molar-refractivity contribution in [1.82, 2.24) is 4.31 Å². The van der Waals surface area contributed by atoms with Crippen molar-refractivity contribution in [3.05, 3.63) is 53.6 Å². The molecule has 0 aliphatic carbocycles. The Hall–Kier alpha value is -2.91. The van der Waals surface area contributed by atoms with Gasteiger partial charge in [0.2, 0.25) is 10.0 Å². The number of carbonyl (C=O) groups excluding carboxylic acids is 2. The van der Waals surface area contributed by atoms with E-state index in [2.05, 4.69) is 5.32 Å². The molecule has 2 amide bonds. The molecule has 9 heteroatoms. The molecule has 2 aromatic rings. The van der Waals surface area contributed by atoms with E-state index in [-0.39, 0.29) is 27.5 Å². The quantitative estimate of drug-likeness (QED) is 0.747. The van der Waals surface area contributed by atoms with Gasteiger partial charge in [-0.2, -0.15) is 4.31 Å². The van der Waals surface area contributed by atoms with Crippen LogP contribution >= 0.6 is 0 Å². The van der Waals surface area contributed by atoms with Crippen molar-refractivity contribution in [3.8, 4) is 5.75 Å². The maximum Gasteiger partial charge on any atom is 0.259 e. The third-order valence-electron chi connectivity index (χ3n) is 4.81. The van der Waals surface area contributed by atoms with Gasteiger partial charge < -0.3 is 15.8 Å². The Kier molecular flexibility index (Phi) is 6.19. The first-order valence-electron chi connectivity index (χ1n) is 9.23. The van der Waals surface area contributed by atoms with E-state index in [1.165, 1.54) is 35.7 Å². The van der Waals surface area contributed by atoms with Crippen LogP contribution in [0.3, 0.4) is 0 Å². The van der Waals surface area contributed by atoms with E-state index in [0.29, 0.717) is 13.1 Å². The van der Waals surface area contributed by atoms with Crippen LogP contribution in [0.4, 0.5) is 5.69 Å². The Bertz CT molecular complexity index is 1030. The number of hydrogen-bond donors (Lipinski definition) is 2. The van der Waals surface area contributed by atoms with Gasteiger partial charge in [0.15, 0.2) is 0 Å². The molecule has 2 aromatic carbocycles. The van der Waals surface area contributed by atoms with Gasteiger partial charge in [-0.1, -0.05) is 18.6 Å². The normalized spacial score (nSPS) is 14.9. The number of piperidine rings is 1. The number of sulfonamides is 1. The van der Waals surface area contributed by atoms with E-state index in [0.717, 1.165) is 19.3 Å². The molecule has 29 heavy (non-hydrogen) atoms.